The quantitative estimate of drug-likeness (QED) is 0.787. The summed E-state index contributed by atoms with van der Waals surface area (Å²) in [6.45, 7) is 0.817. The molecular weight excluding hydrogens is 263 g/mol. The number of carbonyl (C=O) groups is 3. The van der Waals surface area contributed by atoms with Crippen LogP contribution in [0.2, 0.25) is 0 Å². The molecule has 0 aromatic heterocycles. The fourth-order valence-corrected chi connectivity index (χ4v) is 2.09. The number of benzene rings is 1. The number of fused-ring (bicyclic) bond motifs is 1. The van der Waals surface area contributed by atoms with Crippen LogP contribution in [-0.4, -0.2) is 29.2 Å². The van der Waals surface area contributed by atoms with Crippen LogP contribution in [0.3, 0.4) is 0 Å². The van der Waals surface area contributed by atoms with E-state index < -0.39 is 29.2 Å². The molecule has 0 aliphatic heterocycles. The molecular formula is C12H8F3NO3. The number of amides is 1. The largest absolute Gasteiger partial charge is 0.426 e. The van der Waals surface area contributed by atoms with Crippen LogP contribution in [0, 0.1) is 0 Å². The lowest BCUT2D eigenvalue weighted by molar-refractivity contribution is -0.169. The summed E-state index contributed by atoms with van der Waals surface area (Å²) >= 11 is 0. The molecule has 0 spiro atoms. The molecule has 1 aromatic rings. The molecule has 0 fully saturated rings. The van der Waals surface area contributed by atoms with Crippen molar-refractivity contribution in [1.82, 2.24) is 5.32 Å². The van der Waals surface area contributed by atoms with Gasteiger partial charge in [0.1, 0.15) is 0 Å². The molecule has 0 saturated heterocycles. The average Bonchev–Trinajstić information content (AvgIpc) is 2.52. The van der Waals surface area contributed by atoms with Gasteiger partial charge < -0.3 is 5.32 Å². The monoisotopic (exact) mass is 271 g/mol. The Hall–Kier alpha value is -2.18. The SMILES string of the molecule is CC(=O)NC1(C(F)(F)F)C(=O)c2ccccc2C1=O. The van der Waals surface area contributed by atoms with Crippen LogP contribution < -0.4 is 5.32 Å². The summed E-state index contributed by atoms with van der Waals surface area (Å²) in [7, 11) is 0. The van der Waals surface area contributed by atoms with Gasteiger partial charge in [-0.1, -0.05) is 24.3 Å². The number of hydrogen-bond donors (Lipinski definition) is 1. The molecule has 0 radical (unpaired) electrons. The van der Waals surface area contributed by atoms with Gasteiger partial charge >= 0.3 is 6.18 Å². The summed E-state index contributed by atoms with van der Waals surface area (Å²) in [5.74, 6) is -4.00. The zero-order valence-corrected chi connectivity index (χ0v) is 9.67. The van der Waals surface area contributed by atoms with Crippen molar-refractivity contribution in [3.8, 4) is 0 Å². The lowest BCUT2D eigenvalue weighted by Crippen LogP contribution is -2.65. The highest BCUT2D eigenvalue weighted by Crippen LogP contribution is 2.41. The van der Waals surface area contributed by atoms with E-state index in [4.69, 9.17) is 0 Å². The molecule has 1 aromatic carbocycles. The number of carbonyl (C=O) groups excluding carboxylic acids is 3. The summed E-state index contributed by atoms with van der Waals surface area (Å²) < 4.78 is 39.6. The second-order valence-electron chi connectivity index (χ2n) is 4.13. The van der Waals surface area contributed by atoms with Gasteiger partial charge in [-0.05, 0) is 0 Å². The molecule has 1 amide bonds. The van der Waals surface area contributed by atoms with E-state index in [1.54, 1.807) is 0 Å². The van der Waals surface area contributed by atoms with Crippen LogP contribution in [0.5, 0.6) is 0 Å². The Balaban J connectivity index is 2.69. The second-order valence-corrected chi connectivity index (χ2v) is 4.13. The first kappa shape index (κ1) is 13.3. The molecule has 0 bridgehead atoms. The Kier molecular flexibility index (Phi) is 2.73. The van der Waals surface area contributed by atoms with E-state index in [0.29, 0.717) is 0 Å². The minimum Gasteiger partial charge on any atom is -0.329 e. The highest BCUT2D eigenvalue weighted by Gasteiger charge is 2.69. The smallest absolute Gasteiger partial charge is 0.329 e. The summed E-state index contributed by atoms with van der Waals surface area (Å²) in [6.07, 6.45) is -5.20. The normalized spacial score (nSPS) is 17.3. The fourth-order valence-electron chi connectivity index (χ4n) is 2.09. The Morgan fingerprint density at radius 2 is 1.53 bits per heavy atom. The van der Waals surface area contributed by atoms with Crippen LogP contribution in [0.25, 0.3) is 0 Å². The number of ketones is 2. The standard InChI is InChI=1S/C12H8F3NO3/c1-6(17)16-11(12(13,14)15)9(18)7-4-2-3-5-8(7)10(11)19/h2-5H,1H3,(H,16,17). The van der Waals surface area contributed by atoms with Gasteiger partial charge in [-0.3, -0.25) is 14.4 Å². The lowest BCUT2D eigenvalue weighted by Gasteiger charge is -2.28. The van der Waals surface area contributed by atoms with Gasteiger partial charge in [0, 0.05) is 18.1 Å². The first-order chi connectivity index (χ1) is 8.72. The number of nitrogens with one attached hydrogen (secondary N) is 1. The maximum absolute atomic E-state index is 13.2. The van der Waals surface area contributed by atoms with Crippen molar-refractivity contribution < 1.29 is 27.6 Å². The Morgan fingerprint density at radius 1 is 1.11 bits per heavy atom. The lowest BCUT2D eigenvalue weighted by atomic mass is 9.92. The van der Waals surface area contributed by atoms with Crippen LogP contribution in [0.4, 0.5) is 13.2 Å². The predicted octanol–water partition coefficient (Wildman–Crippen LogP) is 1.50. The van der Waals surface area contributed by atoms with Crippen molar-refractivity contribution in [1.29, 1.82) is 0 Å². The topological polar surface area (TPSA) is 63.2 Å². The maximum atomic E-state index is 13.2. The Labute approximate surface area is 105 Å². The summed E-state index contributed by atoms with van der Waals surface area (Å²) in [5.41, 5.74) is -4.17. The molecule has 4 nitrogen and oxygen atoms in total. The number of rotatable bonds is 1. The van der Waals surface area contributed by atoms with Crippen molar-refractivity contribution >= 4 is 17.5 Å². The van der Waals surface area contributed by atoms with Gasteiger partial charge in [0.25, 0.3) is 5.54 Å². The van der Waals surface area contributed by atoms with Gasteiger partial charge in [0.15, 0.2) is 0 Å². The first-order valence-corrected chi connectivity index (χ1v) is 5.26. The van der Waals surface area contributed by atoms with E-state index in [2.05, 4.69) is 0 Å². The molecule has 0 unspecified atom stereocenters. The van der Waals surface area contributed by atoms with Gasteiger partial charge in [0.05, 0.1) is 0 Å². The van der Waals surface area contributed by atoms with Gasteiger partial charge in [-0.2, -0.15) is 13.2 Å². The van der Waals surface area contributed by atoms with E-state index in [1.807, 2.05) is 0 Å². The molecule has 2 rings (SSSR count). The zero-order valence-electron chi connectivity index (χ0n) is 9.67. The summed E-state index contributed by atoms with van der Waals surface area (Å²) in [5, 5.41) is 1.48. The Bertz CT molecular complexity index is 557. The Morgan fingerprint density at radius 3 is 1.84 bits per heavy atom. The summed E-state index contributed by atoms with van der Waals surface area (Å²) in [6, 6.07) is 4.96. The molecule has 7 heteroatoms. The molecule has 1 N–H and O–H groups in total. The van der Waals surface area contributed by atoms with Crippen LogP contribution in [0.15, 0.2) is 24.3 Å². The minimum atomic E-state index is -5.20. The van der Waals surface area contributed by atoms with E-state index in [9.17, 15) is 27.6 Å². The molecule has 1 aliphatic rings. The second kappa shape index (κ2) is 3.91. The summed E-state index contributed by atoms with van der Waals surface area (Å²) in [4.78, 5) is 34.9. The number of halogens is 3. The van der Waals surface area contributed by atoms with E-state index in [0.717, 1.165) is 19.1 Å². The third-order valence-corrected chi connectivity index (χ3v) is 2.89. The van der Waals surface area contributed by atoms with Crippen molar-refractivity contribution in [3.63, 3.8) is 0 Å². The molecule has 19 heavy (non-hydrogen) atoms. The predicted molar refractivity (Wildman–Crippen MR) is 57.7 cm³/mol. The molecule has 0 heterocycles. The van der Waals surface area contributed by atoms with Crippen LogP contribution in [-0.2, 0) is 4.79 Å². The first-order valence-electron chi connectivity index (χ1n) is 5.26. The number of hydrogen-bond acceptors (Lipinski definition) is 3. The minimum absolute atomic E-state index is 0.335. The van der Waals surface area contributed by atoms with Crippen molar-refractivity contribution in [2.24, 2.45) is 0 Å². The zero-order chi connectivity index (χ0) is 14.4. The maximum Gasteiger partial charge on any atom is 0.426 e. The van der Waals surface area contributed by atoms with E-state index >= 15 is 0 Å². The van der Waals surface area contributed by atoms with E-state index in [-0.39, 0.29) is 11.1 Å². The molecule has 1 aliphatic carbocycles. The van der Waals surface area contributed by atoms with Crippen molar-refractivity contribution in [3.05, 3.63) is 35.4 Å². The van der Waals surface area contributed by atoms with Crippen molar-refractivity contribution in [2.45, 2.75) is 18.6 Å². The number of alkyl halides is 3. The third-order valence-electron chi connectivity index (χ3n) is 2.89. The highest BCUT2D eigenvalue weighted by molar-refractivity contribution is 6.34. The van der Waals surface area contributed by atoms with Crippen LogP contribution >= 0.6 is 0 Å². The molecule has 0 atom stereocenters. The van der Waals surface area contributed by atoms with Crippen LogP contribution in [0.1, 0.15) is 27.6 Å². The number of Topliss-reactive ketones (excluding diaryl/α,β-unsaturated/α-hetero) is 2. The van der Waals surface area contributed by atoms with E-state index in [1.165, 1.54) is 17.4 Å². The van der Waals surface area contributed by atoms with Gasteiger partial charge in [-0.15, -0.1) is 0 Å². The highest BCUT2D eigenvalue weighted by atomic mass is 19.4. The average molecular weight is 271 g/mol. The van der Waals surface area contributed by atoms with Gasteiger partial charge in [-0.25, -0.2) is 0 Å². The molecule has 100 valence electrons. The van der Waals surface area contributed by atoms with Gasteiger partial charge in [0.2, 0.25) is 17.5 Å². The fraction of sp³-hybridized carbons (Fsp3) is 0.250. The van der Waals surface area contributed by atoms with Crippen molar-refractivity contribution in [2.75, 3.05) is 0 Å². The third kappa shape index (κ3) is 1.65. The molecule has 0 saturated carbocycles.